The molecule has 0 aliphatic carbocycles. The van der Waals surface area contributed by atoms with Gasteiger partial charge in [0.2, 0.25) is 0 Å². The van der Waals surface area contributed by atoms with E-state index in [2.05, 4.69) is 13.2 Å². The molecule has 0 aromatic rings. The van der Waals surface area contributed by atoms with E-state index in [1.165, 1.54) is 13.8 Å². The van der Waals surface area contributed by atoms with Gasteiger partial charge in [-0.25, -0.2) is 0 Å². The molecule has 0 saturated carbocycles. The second kappa shape index (κ2) is 13.2. The average Bonchev–Trinajstić information content (AvgIpc) is 1.88. The first-order valence-corrected chi connectivity index (χ1v) is 3.02. The van der Waals surface area contributed by atoms with E-state index in [1.807, 2.05) is 0 Å². The minimum Gasteiger partial charge on any atom is -1.00 e. The average molecular weight is 267 g/mol. The molecular weight excluding hydrogens is 255 g/mol. The molecule has 0 aliphatic rings. The van der Waals surface area contributed by atoms with Crippen molar-refractivity contribution in [3.8, 4) is 0 Å². The molecule has 6 heteroatoms. The van der Waals surface area contributed by atoms with Crippen LogP contribution in [0.4, 0.5) is 0 Å². The molecule has 0 heterocycles. The predicted octanol–water partition coefficient (Wildman–Crippen LogP) is -1.53. The largest absolute Gasteiger partial charge is 2.00 e. The van der Waals surface area contributed by atoms with Gasteiger partial charge in [-0.3, -0.25) is 0 Å². The van der Waals surface area contributed by atoms with Gasteiger partial charge in [-0.2, -0.15) is 0 Å². The van der Waals surface area contributed by atoms with Gasteiger partial charge in [-0.1, -0.05) is 13.2 Å². The molecule has 4 nitrogen and oxygen atoms in total. The van der Waals surface area contributed by atoms with Crippen molar-refractivity contribution in [3.05, 3.63) is 24.3 Å². The Hall–Kier alpha value is 0.199. The summed E-state index contributed by atoms with van der Waals surface area (Å²) in [6, 6.07) is 0. The van der Waals surface area contributed by atoms with Gasteiger partial charge in [0.1, 0.15) is 0 Å². The molecular formula is C8H12CaMnO4. The van der Waals surface area contributed by atoms with Crippen LogP contribution in [0.25, 0.3) is 0 Å². The van der Waals surface area contributed by atoms with Gasteiger partial charge in [0.15, 0.2) is 0 Å². The first-order valence-electron chi connectivity index (χ1n) is 3.02. The summed E-state index contributed by atoms with van der Waals surface area (Å²) in [5, 5.41) is 19.0. The van der Waals surface area contributed by atoms with Crippen LogP contribution in [0, 0.1) is 0 Å². The third-order valence-corrected chi connectivity index (χ3v) is 0.697. The normalized spacial score (nSPS) is 6.43. The molecule has 77 valence electrons. The number of carbonyl (C=O) groups excluding carboxylic acids is 2. The summed E-state index contributed by atoms with van der Waals surface area (Å²) in [6.07, 6.45) is 0. The van der Waals surface area contributed by atoms with E-state index in [0.29, 0.717) is 0 Å². The second-order valence-electron chi connectivity index (χ2n) is 2.14. The van der Waals surface area contributed by atoms with E-state index in [9.17, 15) is 19.8 Å². The zero-order valence-electron chi connectivity index (χ0n) is 10.1. The van der Waals surface area contributed by atoms with Gasteiger partial charge >= 0.3 is 54.8 Å². The Balaban J connectivity index is -0.0000000250. The van der Waals surface area contributed by atoms with Crippen molar-refractivity contribution in [1.82, 2.24) is 0 Å². The molecule has 0 aromatic carbocycles. The zero-order chi connectivity index (χ0) is 10.3. The maximum atomic E-state index is 9.49. The Labute approximate surface area is 127 Å². The van der Waals surface area contributed by atoms with E-state index >= 15 is 0 Å². The van der Waals surface area contributed by atoms with Gasteiger partial charge in [0.05, 0.1) is 11.9 Å². The minimum absolute atomic E-state index is 0. The maximum absolute atomic E-state index is 9.49. The standard InChI is InChI=1S/2C4H6O2.Ca.Mn.2H/c2*1-3(2)4(5)6;;;;/h2*1H2,2H3,(H,5,6);;;;/q;;2*+2;2*-1/p-2. The van der Waals surface area contributed by atoms with E-state index < -0.39 is 11.9 Å². The number of carboxylic acid groups (broad SMARTS) is 2. The van der Waals surface area contributed by atoms with Crippen molar-refractivity contribution < 1.29 is 39.7 Å². The van der Waals surface area contributed by atoms with Crippen molar-refractivity contribution >= 4 is 49.7 Å². The van der Waals surface area contributed by atoms with E-state index in [4.69, 9.17) is 0 Å². The molecule has 0 spiro atoms. The van der Waals surface area contributed by atoms with Crippen LogP contribution in [-0.4, -0.2) is 49.7 Å². The monoisotopic (exact) mass is 267 g/mol. The summed E-state index contributed by atoms with van der Waals surface area (Å²) in [7, 11) is 0. The quantitative estimate of drug-likeness (QED) is 0.449. The molecule has 0 amide bonds. The van der Waals surface area contributed by atoms with Crippen LogP contribution >= 0.6 is 0 Å². The number of carbonyl (C=O) groups is 2. The number of aliphatic carboxylic acids is 2. The first kappa shape index (κ1) is 23.8. The van der Waals surface area contributed by atoms with E-state index in [0.717, 1.165) is 0 Å². The van der Waals surface area contributed by atoms with Crippen molar-refractivity contribution in [2.75, 3.05) is 0 Å². The minimum atomic E-state index is -1.19. The Morgan fingerprint density at radius 3 is 1.07 bits per heavy atom. The summed E-state index contributed by atoms with van der Waals surface area (Å²) >= 11 is 0. The van der Waals surface area contributed by atoms with Crippen LogP contribution in [0.2, 0.25) is 0 Å². The van der Waals surface area contributed by atoms with Crippen LogP contribution in [-0.2, 0) is 26.7 Å². The second-order valence-corrected chi connectivity index (χ2v) is 2.14. The number of rotatable bonds is 2. The molecule has 0 bridgehead atoms. The SMILES string of the molecule is C=C(C)C(=O)[O-].C=C(C)C(=O)[O-].[Ca+2].[H-].[H-].[Mn+2]. The van der Waals surface area contributed by atoms with Crippen molar-refractivity contribution in [3.63, 3.8) is 0 Å². The Bertz CT molecular complexity index is 186. The molecule has 0 atom stereocenters. The number of hydrogen-bond acceptors (Lipinski definition) is 4. The van der Waals surface area contributed by atoms with Crippen LogP contribution in [0.3, 0.4) is 0 Å². The third kappa shape index (κ3) is 22.8. The molecule has 14 heavy (non-hydrogen) atoms. The third-order valence-electron chi connectivity index (χ3n) is 0.697. The molecule has 0 N–H and O–H groups in total. The molecule has 0 fully saturated rings. The summed E-state index contributed by atoms with van der Waals surface area (Å²) in [5.74, 6) is -2.37. The molecule has 1 radical (unpaired) electrons. The number of carboxylic acids is 2. The molecule has 0 aromatic heterocycles. The fourth-order valence-corrected chi connectivity index (χ4v) is 0. The Kier molecular flexibility index (Phi) is 22.4. The van der Waals surface area contributed by atoms with Crippen LogP contribution in [0.5, 0.6) is 0 Å². The smallest absolute Gasteiger partial charge is 1.00 e. The summed E-state index contributed by atoms with van der Waals surface area (Å²) < 4.78 is 0. The molecule has 0 unspecified atom stereocenters. The first-order chi connectivity index (χ1) is 5.29. The molecule has 0 rings (SSSR count). The van der Waals surface area contributed by atoms with Crippen molar-refractivity contribution in [2.24, 2.45) is 0 Å². The fraction of sp³-hybridized carbons (Fsp3) is 0.250. The van der Waals surface area contributed by atoms with E-state index in [1.54, 1.807) is 0 Å². The zero-order valence-corrected chi connectivity index (χ0v) is 11.5. The fourth-order valence-electron chi connectivity index (χ4n) is 0. The van der Waals surface area contributed by atoms with E-state index in [-0.39, 0.29) is 68.8 Å². The summed E-state index contributed by atoms with van der Waals surface area (Å²) in [6.45, 7) is 8.95. The van der Waals surface area contributed by atoms with Crippen molar-refractivity contribution in [2.45, 2.75) is 13.8 Å². The predicted molar refractivity (Wildman–Crippen MR) is 47.6 cm³/mol. The van der Waals surface area contributed by atoms with Crippen molar-refractivity contribution in [1.29, 1.82) is 0 Å². The van der Waals surface area contributed by atoms with Gasteiger partial charge in [-0.05, 0) is 25.0 Å². The van der Waals surface area contributed by atoms with Crippen LogP contribution < -0.4 is 10.2 Å². The van der Waals surface area contributed by atoms with Gasteiger partial charge in [0, 0.05) is 0 Å². The Morgan fingerprint density at radius 1 is 1.00 bits per heavy atom. The number of hydrogen-bond donors (Lipinski definition) is 0. The maximum Gasteiger partial charge on any atom is 2.00 e. The molecule has 0 saturated heterocycles. The summed E-state index contributed by atoms with van der Waals surface area (Å²) in [5.41, 5.74) is 0.130. The van der Waals surface area contributed by atoms with Gasteiger partial charge in [0.25, 0.3) is 0 Å². The van der Waals surface area contributed by atoms with Gasteiger partial charge < -0.3 is 22.7 Å². The van der Waals surface area contributed by atoms with Gasteiger partial charge in [-0.15, -0.1) is 0 Å². The van der Waals surface area contributed by atoms with Crippen LogP contribution in [0.15, 0.2) is 24.3 Å². The molecule has 0 aliphatic heterocycles. The van der Waals surface area contributed by atoms with Crippen LogP contribution in [0.1, 0.15) is 16.7 Å². The topological polar surface area (TPSA) is 80.3 Å². The summed E-state index contributed by atoms with van der Waals surface area (Å²) in [4.78, 5) is 19.0. The Morgan fingerprint density at radius 2 is 1.07 bits per heavy atom.